The fourth-order valence-electron chi connectivity index (χ4n) is 7.46. The summed E-state index contributed by atoms with van der Waals surface area (Å²) in [5.41, 5.74) is 20.1. The third-order valence-electron chi connectivity index (χ3n) is 9.80. The van der Waals surface area contributed by atoms with E-state index in [4.69, 9.17) is 31.2 Å². The van der Waals surface area contributed by atoms with Crippen molar-refractivity contribution in [3.63, 3.8) is 0 Å². The highest BCUT2D eigenvalue weighted by atomic mass is 16.5. The van der Waals surface area contributed by atoms with Crippen LogP contribution in [-0.4, -0.2) is 42.5 Å². The molecule has 0 radical (unpaired) electrons. The van der Waals surface area contributed by atoms with E-state index < -0.39 is 0 Å². The molecule has 6 aromatic rings. The van der Waals surface area contributed by atoms with Crippen LogP contribution in [0, 0.1) is 19.8 Å². The van der Waals surface area contributed by atoms with Crippen molar-refractivity contribution in [3.05, 3.63) is 126 Å². The average molecular weight is 653 g/mol. The second-order valence-electron chi connectivity index (χ2n) is 13.1. The monoisotopic (exact) mass is 652 g/mol. The van der Waals surface area contributed by atoms with Gasteiger partial charge in [0.1, 0.15) is 29.3 Å². The number of hydrogen-bond acceptors (Lipinski definition) is 8. The van der Waals surface area contributed by atoms with Gasteiger partial charge in [0.2, 0.25) is 0 Å². The van der Waals surface area contributed by atoms with Crippen LogP contribution in [0.1, 0.15) is 60.3 Å². The summed E-state index contributed by atoms with van der Waals surface area (Å²) < 4.78 is 8.33. The van der Waals surface area contributed by atoms with E-state index in [2.05, 4.69) is 58.8 Å². The topological polar surface area (TPSA) is 121 Å². The third kappa shape index (κ3) is 6.90. The Kier molecular flexibility index (Phi) is 9.63. The Morgan fingerprint density at radius 1 is 0.755 bits per heavy atom. The lowest BCUT2D eigenvalue weighted by molar-refractivity contribution is 0.0383. The van der Waals surface area contributed by atoms with Gasteiger partial charge in [0.15, 0.2) is 0 Å². The highest BCUT2D eigenvalue weighted by Gasteiger charge is 2.39. The van der Waals surface area contributed by atoms with Crippen molar-refractivity contribution in [1.29, 1.82) is 0 Å². The van der Waals surface area contributed by atoms with E-state index in [-0.39, 0.29) is 12.1 Å². The second-order valence-corrected chi connectivity index (χ2v) is 13.1. The summed E-state index contributed by atoms with van der Waals surface area (Å²) in [5, 5.41) is 0.868. The van der Waals surface area contributed by atoms with Crippen molar-refractivity contribution < 1.29 is 4.74 Å². The van der Waals surface area contributed by atoms with Gasteiger partial charge >= 0.3 is 0 Å². The van der Waals surface area contributed by atoms with Gasteiger partial charge in [-0.15, -0.1) is 0 Å². The molecule has 0 aliphatic carbocycles. The van der Waals surface area contributed by atoms with E-state index >= 15 is 0 Å². The van der Waals surface area contributed by atoms with Crippen LogP contribution in [0.2, 0.25) is 0 Å². The minimum Gasteiger partial charge on any atom is -0.457 e. The normalized spacial score (nSPS) is 18.1. The van der Waals surface area contributed by atoms with Crippen LogP contribution < -0.4 is 16.2 Å². The van der Waals surface area contributed by atoms with Gasteiger partial charge in [-0.1, -0.05) is 42.5 Å². The summed E-state index contributed by atoms with van der Waals surface area (Å²) in [4.78, 5) is 21.8. The number of rotatable bonds is 11. The smallest absolute Gasteiger partial charge is 0.146 e. The Hall–Kier alpha value is -5.12. The Morgan fingerprint density at radius 3 is 2.04 bits per heavy atom. The lowest BCUT2D eigenvalue weighted by Gasteiger charge is -2.46. The molecule has 0 spiro atoms. The number of pyridine rings is 2. The number of nitrogens with zero attached hydrogens (tertiary/aromatic N) is 6. The van der Waals surface area contributed by atoms with Crippen molar-refractivity contribution in [2.75, 3.05) is 18.8 Å². The molecule has 0 saturated carbocycles. The molecule has 1 unspecified atom stereocenters. The van der Waals surface area contributed by atoms with Gasteiger partial charge in [0.25, 0.3) is 0 Å². The number of anilines is 1. The fraction of sp³-hybridized carbons (Fsp3) is 0.300. The van der Waals surface area contributed by atoms with Crippen molar-refractivity contribution >= 4 is 16.9 Å². The number of nitrogen functional groups attached to an aromatic ring is 1. The molecule has 250 valence electrons. The van der Waals surface area contributed by atoms with E-state index in [1.807, 2.05) is 67.0 Å². The van der Waals surface area contributed by atoms with Gasteiger partial charge in [0.05, 0.1) is 28.9 Å². The first-order chi connectivity index (χ1) is 24.0. The van der Waals surface area contributed by atoms with Gasteiger partial charge in [-0.05, 0) is 112 Å². The van der Waals surface area contributed by atoms with Crippen LogP contribution in [-0.2, 0) is 6.54 Å². The fourth-order valence-corrected chi connectivity index (χ4v) is 7.46. The molecule has 1 aliphatic rings. The molecule has 0 bridgehead atoms. The molecule has 9 heteroatoms. The summed E-state index contributed by atoms with van der Waals surface area (Å²) in [6, 6.07) is 26.6. The van der Waals surface area contributed by atoms with Crippen molar-refractivity contribution in [2.24, 2.45) is 11.7 Å². The van der Waals surface area contributed by atoms with Crippen LogP contribution in [0.25, 0.3) is 22.2 Å². The van der Waals surface area contributed by atoms with Crippen molar-refractivity contribution in [2.45, 2.75) is 58.2 Å². The predicted octanol–water partition coefficient (Wildman–Crippen LogP) is 7.81. The molecule has 0 amide bonds. The summed E-state index contributed by atoms with van der Waals surface area (Å²) in [7, 11) is 0. The zero-order chi connectivity index (χ0) is 33.7. The van der Waals surface area contributed by atoms with E-state index in [9.17, 15) is 0 Å². The number of para-hydroxylation sites is 1. The zero-order valence-corrected chi connectivity index (χ0v) is 28.2. The molecule has 49 heavy (non-hydrogen) atoms. The number of fused-ring (bicyclic) bond motifs is 1. The maximum Gasteiger partial charge on any atom is 0.146 e. The molecule has 1 saturated heterocycles. The van der Waals surface area contributed by atoms with Gasteiger partial charge in [-0.25, -0.2) is 9.97 Å². The second kappa shape index (κ2) is 14.6. The standard InChI is InChI=1S/C40H44N8O/c1-27-10-8-19-43-37(27)34-22-29(23-35(48(34)21-7-6-18-41)38-28(2)11-9-20-44-38)24-47-25-33(36-39(42)45-26-46-40(36)47)30-14-16-32(17-15-30)49-31-12-4-3-5-13-31/h3-5,8-17,19-20,25-26,29,34-35H,6-7,18,21-24,41H2,1-2H3,(H2,42,45,46)/t29?,34-,35+. The van der Waals surface area contributed by atoms with Gasteiger partial charge in [0, 0.05) is 30.7 Å². The average Bonchev–Trinajstić information content (AvgIpc) is 3.49. The zero-order valence-electron chi connectivity index (χ0n) is 28.2. The number of unbranched alkanes of at least 4 members (excludes halogenated alkanes) is 1. The molecule has 4 aromatic heterocycles. The molecule has 5 heterocycles. The summed E-state index contributed by atoms with van der Waals surface area (Å²) in [6.45, 7) is 6.76. The number of aromatic nitrogens is 5. The number of likely N-dealkylation sites (tertiary alicyclic amines) is 1. The number of nitrogens with two attached hydrogens (primary N) is 2. The lowest BCUT2D eigenvalue weighted by atomic mass is 9.81. The molecule has 2 aromatic carbocycles. The Morgan fingerprint density at radius 2 is 1.41 bits per heavy atom. The largest absolute Gasteiger partial charge is 0.457 e. The SMILES string of the molecule is Cc1cccnc1[C@H]1CC(Cn2cc(-c3ccc(Oc4ccccc4)cc3)c3c(N)ncnc32)C[C@@H](c2ncccc2C)N1CCCCN. The number of hydrogen-bond donors (Lipinski definition) is 2. The quantitative estimate of drug-likeness (QED) is 0.136. The number of piperidine rings is 1. The lowest BCUT2D eigenvalue weighted by Crippen LogP contribution is -2.42. The van der Waals surface area contributed by atoms with Crippen LogP contribution >= 0.6 is 0 Å². The minimum absolute atomic E-state index is 0.141. The molecule has 7 rings (SSSR count). The molecular formula is C40H44N8O. The Balaban J connectivity index is 1.25. The maximum absolute atomic E-state index is 6.56. The van der Waals surface area contributed by atoms with Gasteiger partial charge < -0.3 is 20.8 Å². The summed E-state index contributed by atoms with van der Waals surface area (Å²) in [6.07, 6.45) is 11.5. The first-order valence-electron chi connectivity index (χ1n) is 17.2. The molecule has 9 nitrogen and oxygen atoms in total. The number of benzene rings is 2. The van der Waals surface area contributed by atoms with Crippen LogP contribution in [0.5, 0.6) is 11.5 Å². The van der Waals surface area contributed by atoms with Crippen molar-refractivity contribution in [3.8, 4) is 22.6 Å². The first kappa shape index (κ1) is 32.4. The summed E-state index contributed by atoms with van der Waals surface area (Å²) >= 11 is 0. The van der Waals surface area contributed by atoms with E-state index in [1.54, 1.807) is 6.33 Å². The Bertz CT molecular complexity index is 1950. The maximum atomic E-state index is 6.56. The van der Waals surface area contributed by atoms with E-state index in [0.29, 0.717) is 18.3 Å². The number of aryl methyl sites for hydroxylation is 2. The summed E-state index contributed by atoms with van der Waals surface area (Å²) in [5.74, 6) is 2.37. The molecule has 1 fully saturated rings. The highest BCUT2D eigenvalue weighted by molar-refractivity contribution is 6.00. The third-order valence-corrected chi connectivity index (χ3v) is 9.80. The molecule has 1 aliphatic heterocycles. The van der Waals surface area contributed by atoms with Crippen LogP contribution in [0.3, 0.4) is 0 Å². The van der Waals surface area contributed by atoms with E-state index in [0.717, 1.165) is 83.8 Å². The molecule has 3 atom stereocenters. The highest BCUT2D eigenvalue weighted by Crippen LogP contribution is 2.46. The molecule has 4 N–H and O–H groups in total. The van der Waals surface area contributed by atoms with Crippen LogP contribution in [0.15, 0.2) is 104 Å². The number of ether oxygens (including phenoxy) is 1. The first-order valence-corrected chi connectivity index (χ1v) is 17.2. The van der Waals surface area contributed by atoms with E-state index in [1.165, 1.54) is 11.1 Å². The van der Waals surface area contributed by atoms with Gasteiger partial charge in [-0.2, -0.15) is 0 Å². The van der Waals surface area contributed by atoms with Crippen molar-refractivity contribution in [1.82, 2.24) is 29.4 Å². The van der Waals surface area contributed by atoms with Crippen LogP contribution in [0.4, 0.5) is 5.82 Å². The Labute approximate surface area is 288 Å². The van der Waals surface area contributed by atoms with Gasteiger partial charge in [-0.3, -0.25) is 14.9 Å². The minimum atomic E-state index is 0.141. The molecular weight excluding hydrogens is 608 g/mol. The predicted molar refractivity (Wildman–Crippen MR) is 195 cm³/mol.